The maximum Gasteiger partial charge on any atom is 0.180 e. The number of nitrogens with one attached hydrogen (secondary N) is 1. The summed E-state index contributed by atoms with van der Waals surface area (Å²) in [6.07, 6.45) is 21.0. The Bertz CT molecular complexity index is 804. The second-order valence-corrected chi connectivity index (χ2v) is 7.30. The van der Waals surface area contributed by atoms with Crippen LogP contribution < -0.4 is 0 Å². The van der Waals surface area contributed by atoms with Crippen LogP contribution in [0.2, 0.25) is 0 Å². The van der Waals surface area contributed by atoms with Gasteiger partial charge in [0.2, 0.25) is 0 Å². The quantitative estimate of drug-likeness (QED) is 0.156. The zero-order valence-corrected chi connectivity index (χ0v) is 49.3. The van der Waals surface area contributed by atoms with Crippen molar-refractivity contribution in [2.24, 2.45) is 0 Å². The van der Waals surface area contributed by atoms with Gasteiger partial charge in [-0.3, -0.25) is 20.1 Å². The fourth-order valence-corrected chi connectivity index (χ4v) is 2.44. The summed E-state index contributed by atoms with van der Waals surface area (Å²) in [6, 6.07) is 7.59. The van der Waals surface area contributed by atoms with Gasteiger partial charge in [0, 0.05) is 54.1 Å². The SMILES string of the molecule is CC.CC.CC.CC.CC.CC.CC.CC.CC.CC.CC.CC.CC.CC.c1ccsc1.c1cn[nH]c1.c1cnccn1.c1cnoc1.c1cocn1.c1cscn1.c1csnn1. The number of hydrogen-bond acceptors (Lipinski definition) is 13. The van der Waals surface area contributed by atoms with Crippen molar-refractivity contribution < 1.29 is 8.94 Å². The van der Waals surface area contributed by atoms with Gasteiger partial charge in [0.05, 0.1) is 24.1 Å². The van der Waals surface area contributed by atoms with Crippen LogP contribution in [-0.2, 0) is 0 Å². The van der Waals surface area contributed by atoms with Gasteiger partial charge in [-0.25, -0.2) is 4.98 Å². The zero-order chi connectivity index (χ0) is 53.5. The first-order chi connectivity index (χ1) is 32.0. The summed E-state index contributed by atoms with van der Waals surface area (Å²) < 4.78 is 12.3. The van der Waals surface area contributed by atoms with Crippen LogP contribution in [0.3, 0.4) is 0 Å². The minimum atomic E-state index is 1.35. The number of thiophene rings is 1. The molecule has 7 rings (SSSR count). The van der Waals surface area contributed by atoms with Crippen molar-refractivity contribution in [2.75, 3.05) is 0 Å². The lowest BCUT2D eigenvalue weighted by atomic mass is 10.7. The van der Waals surface area contributed by atoms with Crippen molar-refractivity contribution in [3.8, 4) is 0 Å². The summed E-state index contributed by atoms with van der Waals surface area (Å²) >= 11 is 4.67. The second-order valence-electron chi connectivity index (χ2n) is 5.08. The molecule has 0 saturated carbocycles. The van der Waals surface area contributed by atoms with Crippen molar-refractivity contribution in [3.63, 3.8) is 0 Å². The van der Waals surface area contributed by atoms with E-state index in [4.69, 9.17) is 0 Å². The molecule has 0 aromatic carbocycles. The zero-order valence-electron chi connectivity index (χ0n) is 46.8. The highest BCUT2D eigenvalue weighted by Gasteiger charge is 1.62. The topological polar surface area (TPSA) is 145 Å². The summed E-state index contributed by atoms with van der Waals surface area (Å²) in [4.78, 5) is 14.7. The molecule has 0 bridgehead atoms. The van der Waals surface area contributed by atoms with E-state index >= 15 is 0 Å². The van der Waals surface area contributed by atoms with Crippen LogP contribution in [0.25, 0.3) is 0 Å². The summed E-state index contributed by atoms with van der Waals surface area (Å²) in [5.41, 5.74) is 1.79. The Morgan fingerprint density at radius 3 is 0.953 bits per heavy atom. The van der Waals surface area contributed by atoms with Crippen LogP contribution >= 0.6 is 34.2 Å². The monoisotopic (exact) mass is 962 g/mol. The highest BCUT2D eigenvalue weighted by molar-refractivity contribution is 7.07. The summed E-state index contributed by atoms with van der Waals surface area (Å²) in [5.74, 6) is 0. The van der Waals surface area contributed by atoms with Crippen LogP contribution in [0, 0.1) is 0 Å². The van der Waals surface area contributed by atoms with Gasteiger partial charge < -0.3 is 8.94 Å². The number of aromatic amines is 1. The molecule has 7 heterocycles. The molecule has 7 aromatic heterocycles. The van der Waals surface area contributed by atoms with Crippen LogP contribution in [0.15, 0.2) is 141 Å². The number of thiazole rings is 1. The van der Waals surface area contributed by atoms with Gasteiger partial charge in [-0.2, -0.15) is 16.4 Å². The number of rotatable bonds is 0. The Hall–Kier alpha value is -4.40. The van der Waals surface area contributed by atoms with E-state index in [1.165, 1.54) is 30.5 Å². The molecule has 0 amide bonds. The lowest BCUT2D eigenvalue weighted by Crippen LogP contribution is -1.66. The van der Waals surface area contributed by atoms with Crippen LogP contribution in [0.4, 0.5) is 0 Å². The van der Waals surface area contributed by atoms with Gasteiger partial charge in [0.25, 0.3) is 0 Å². The largest absolute Gasteiger partial charge is 0.452 e. The normalized spacial score (nSPS) is 5.81. The van der Waals surface area contributed by atoms with Gasteiger partial charge in [-0.15, -0.1) is 16.4 Å². The number of nitrogens with zero attached hydrogens (tertiary/aromatic N) is 8. The fraction of sp³-hybridized carbons (Fsp3) is 0.560. The van der Waals surface area contributed by atoms with E-state index in [9.17, 15) is 0 Å². The van der Waals surface area contributed by atoms with E-state index < -0.39 is 0 Å². The Labute approximate surface area is 412 Å². The highest BCUT2D eigenvalue weighted by Crippen LogP contribution is 1.91. The van der Waals surface area contributed by atoms with E-state index in [2.05, 4.69) is 53.8 Å². The first-order valence-corrected chi connectivity index (χ1v) is 26.5. The highest BCUT2D eigenvalue weighted by atomic mass is 32.1. The predicted octanol–water partition coefficient (Wildman–Crippen LogP) is 20.0. The molecule has 0 aliphatic rings. The molecule has 0 aliphatic heterocycles. The molecule has 382 valence electrons. The van der Waals surface area contributed by atoms with E-state index in [0.29, 0.717) is 0 Å². The van der Waals surface area contributed by atoms with Gasteiger partial charge in [-0.05, 0) is 34.4 Å². The van der Waals surface area contributed by atoms with Crippen molar-refractivity contribution in [2.45, 2.75) is 194 Å². The summed E-state index contributed by atoms with van der Waals surface area (Å²) in [6.45, 7) is 56.0. The van der Waals surface area contributed by atoms with Gasteiger partial charge in [-0.1, -0.05) is 216 Å². The van der Waals surface area contributed by atoms with Crippen LogP contribution in [0.5, 0.6) is 0 Å². The van der Waals surface area contributed by atoms with Gasteiger partial charge >= 0.3 is 0 Å². The lowest BCUT2D eigenvalue weighted by molar-refractivity contribution is 0.420. The molecule has 0 fully saturated rings. The van der Waals surface area contributed by atoms with Crippen molar-refractivity contribution in [1.82, 2.24) is 44.9 Å². The van der Waals surface area contributed by atoms with Gasteiger partial charge in [0.15, 0.2) is 6.39 Å². The average Bonchev–Trinajstić information content (AvgIpc) is 4.31. The number of aromatic nitrogens is 9. The van der Waals surface area contributed by atoms with Crippen molar-refractivity contribution in [3.05, 3.63) is 132 Å². The Morgan fingerprint density at radius 1 is 0.375 bits per heavy atom. The molecular formula is C50H107N9O2S3. The number of oxazole rings is 1. The molecule has 1 N–H and O–H groups in total. The maximum absolute atomic E-state index is 4.47. The average molecular weight is 963 g/mol. The van der Waals surface area contributed by atoms with E-state index in [-0.39, 0.29) is 0 Å². The Kier molecular flexibility index (Phi) is 299. The van der Waals surface area contributed by atoms with Crippen LogP contribution in [0.1, 0.15) is 194 Å². The Morgan fingerprint density at radius 2 is 0.844 bits per heavy atom. The van der Waals surface area contributed by atoms with Crippen LogP contribution in [-0.4, -0.2) is 44.9 Å². The molecule has 0 saturated heterocycles. The first-order valence-electron chi connectivity index (χ1n) is 23.8. The molecule has 14 heteroatoms. The van der Waals surface area contributed by atoms with Crippen molar-refractivity contribution in [1.29, 1.82) is 0 Å². The van der Waals surface area contributed by atoms with E-state index in [1.807, 2.05) is 234 Å². The second kappa shape index (κ2) is 195. The van der Waals surface area contributed by atoms with E-state index in [0.717, 1.165) is 0 Å². The van der Waals surface area contributed by atoms with E-state index in [1.54, 1.807) is 96.2 Å². The third kappa shape index (κ3) is 185. The molecule has 7 aromatic rings. The van der Waals surface area contributed by atoms with Crippen molar-refractivity contribution >= 4 is 34.2 Å². The minimum Gasteiger partial charge on any atom is -0.452 e. The summed E-state index contributed by atoms with van der Waals surface area (Å²) in [7, 11) is 0. The molecule has 11 nitrogen and oxygen atoms in total. The third-order valence-corrected chi connectivity index (χ3v) is 4.22. The fourth-order valence-electron chi connectivity index (χ4n) is 1.36. The molecule has 0 unspecified atom stereocenters. The number of hydrogen-bond donors (Lipinski definition) is 1. The Balaban J connectivity index is -0.0000000349. The molecule has 0 radical (unpaired) electrons. The first kappa shape index (κ1) is 98.4. The molecule has 0 atom stereocenters. The smallest absolute Gasteiger partial charge is 0.180 e. The lowest BCUT2D eigenvalue weighted by Gasteiger charge is -1.70. The number of H-pyrrole nitrogens is 1. The minimum absolute atomic E-state index is 1.35. The molecule has 0 aliphatic carbocycles. The maximum atomic E-state index is 4.47. The predicted molar refractivity (Wildman–Crippen MR) is 299 cm³/mol. The molecular weight excluding hydrogens is 855 g/mol. The molecule has 64 heavy (non-hydrogen) atoms. The molecule has 0 spiro atoms. The summed E-state index contributed by atoms with van der Waals surface area (Å²) in [5, 5.41) is 20.9. The third-order valence-electron chi connectivity index (χ3n) is 2.63. The van der Waals surface area contributed by atoms with Gasteiger partial charge in [0.1, 0.15) is 12.5 Å². The standard InChI is InChI=1S/C4H4N2.C4H4S.C3H4N2.2C3H3NO.C3H3NS.C2H2N2S.14C2H6/c1-2-6-4-3-5-1;2*1-2-4-5-3-1;1-2-5-3-4-1;1-2-4-5-3-1;1-2-5-3-4-1;1-2-5-4-3-1;14*1-2/h1-4H;1-4H;1-3H,(H,4,5);3*1-3H;1-2H;14*1-2H3.